The number of rotatable bonds is 6. The van der Waals surface area contributed by atoms with Crippen molar-refractivity contribution in [3.63, 3.8) is 0 Å². The largest absolute Gasteiger partial charge is 0.243 e. The van der Waals surface area contributed by atoms with Crippen molar-refractivity contribution in [1.82, 2.24) is 4.31 Å². The van der Waals surface area contributed by atoms with Crippen LogP contribution in [0.4, 0.5) is 0 Å². The van der Waals surface area contributed by atoms with Gasteiger partial charge in [-0.25, -0.2) is 8.42 Å². The molecule has 1 rings (SSSR count). The number of benzene rings is 1. The molecule has 0 fully saturated rings. The van der Waals surface area contributed by atoms with Crippen molar-refractivity contribution < 1.29 is 8.42 Å². The lowest BCUT2D eigenvalue weighted by Gasteiger charge is -2.21. The lowest BCUT2D eigenvalue weighted by Crippen LogP contribution is -2.32. The lowest BCUT2D eigenvalue weighted by atomic mass is 10.1. The molecule has 0 heterocycles. The second-order valence-corrected chi connectivity index (χ2v) is 6.59. The molecule has 0 radical (unpaired) electrons. The van der Waals surface area contributed by atoms with Gasteiger partial charge in [-0.1, -0.05) is 19.9 Å². The van der Waals surface area contributed by atoms with Gasteiger partial charge >= 0.3 is 0 Å². The van der Waals surface area contributed by atoms with Crippen LogP contribution in [0.3, 0.4) is 0 Å². The number of hydrogen-bond acceptors (Lipinski definition) is 2. The van der Waals surface area contributed by atoms with E-state index >= 15 is 0 Å². The maximum atomic E-state index is 12.5. The average molecular weight is 269 g/mol. The second kappa shape index (κ2) is 6.34. The van der Waals surface area contributed by atoms with Gasteiger partial charge in [0.2, 0.25) is 10.0 Å². The Balaban J connectivity index is 3.13. The van der Waals surface area contributed by atoms with Gasteiger partial charge in [-0.05, 0) is 49.9 Å². The predicted molar refractivity (Wildman–Crippen MR) is 75.3 cm³/mol. The number of hydrogen-bond donors (Lipinski definition) is 0. The van der Waals surface area contributed by atoms with E-state index in [2.05, 4.69) is 0 Å². The van der Waals surface area contributed by atoms with E-state index in [0.29, 0.717) is 18.0 Å². The van der Waals surface area contributed by atoms with Gasteiger partial charge in [-0.2, -0.15) is 4.31 Å². The van der Waals surface area contributed by atoms with E-state index in [0.717, 1.165) is 24.0 Å². The van der Waals surface area contributed by atoms with Crippen molar-refractivity contribution >= 4 is 10.0 Å². The van der Waals surface area contributed by atoms with Gasteiger partial charge in [-0.15, -0.1) is 0 Å². The first-order valence-corrected chi connectivity index (χ1v) is 7.94. The zero-order chi connectivity index (χ0) is 13.8. The van der Waals surface area contributed by atoms with Crippen LogP contribution in [-0.4, -0.2) is 25.8 Å². The lowest BCUT2D eigenvalue weighted by molar-refractivity contribution is 0.410. The van der Waals surface area contributed by atoms with Crippen LogP contribution in [0.25, 0.3) is 0 Å². The molecule has 0 aliphatic carbocycles. The van der Waals surface area contributed by atoms with Crippen LogP contribution < -0.4 is 0 Å². The van der Waals surface area contributed by atoms with Gasteiger partial charge in [-0.3, -0.25) is 0 Å². The summed E-state index contributed by atoms with van der Waals surface area (Å²) in [5.41, 5.74) is 2.13. The third kappa shape index (κ3) is 3.33. The molecule has 18 heavy (non-hydrogen) atoms. The normalized spacial score (nSPS) is 12.1. The molecule has 0 atom stereocenters. The summed E-state index contributed by atoms with van der Waals surface area (Å²) in [5, 5.41) is 0. The van der Waals surface area contributed by atoms with Crippen molar-refractivity contribution in [2.24, 2.45) is 0 Å². The Bertz CT molecular complexity index is 489. The van der Waals surface area contributed by atoms with Crippen molar-refractivity contribution in [1.29, 1.82) is 0 Å². The molecule has 0 spiro atoms. The minimum atomic E-state index is -3.33. The van der Waals surface area contributed by atoms with Gasteiger partial charge in [0.15, 0.2) is 0 Å². The average Bonchev–Trinajstić information content (AvgIpc) is 2.32. The van der Waals surface area contributed by atoms with Crippen molar-refractivity contribution in [2.75, 3.05) is 13.1 Å². The molecule has 0 saturated carbocycles. The Kier molecular flexibility index (Phi) is 5.35. The fourth-order valence-electron chi connectivity index (χ4n) is 1.87. The highest BCUT2D eigenvalue weighted by atomic mass is 32.2. The van der Waals surface area contributed by atoms with Crippen molar-refractivity contribution in [2.45, 2.75) is 45.4 Å². The molecular formula is C14H23NO2S. The summed E-state index contributed by atoms with van der Waals surface area (Å²) in [4.78, 5) is 0.410. The van der Waals surface area contributed by atoms with Crippen molar-refractivity contribution in [3.8, 4) is 0 Å². The summed E-state index contributed by atoms with van der Waals surface area (Å²) in [6, 6.07) is 5.34. The highest BCUT2D eigenvalue weighted by molar-refractivity contribution is 7.89. The maximum absolute atomic E-state index is 12.5. The first kappa shape index (κ1) is 15.2. The summed E-state index contributed by atoms with van der Waals surface area (Å²) in [7, 11) is -3.33. The van der Waals surface area contributed by atoms with Gasteiger partial charge in [0, 0.05) is 13.1 Å². The van der Waals surface area contributed by atoms with Crippen LogP contribution in [0, 0.1) is 13.8 Å². The molecular weight excluding hydrogens is 246 g/mol. The second-order valence-electron chi connectivity index (χ2n) is 4.65. The zero-order valence-electron chi connectivity index (χ0n) is 11.7. The molecule has 0 aromatic heterocycles. The van der Waals surface area contributed by atoms with E-state index in [9.17, 15) is 8.42 Å². The van der Waals surface area contributed by atoms with Gasteiger partial charge in [0.25, 0.3) is 0 Å². The summed E-state index contributed by atoms with van der Waals surface area (Å²) in [6.07, 6.45) is 1.67. The van der Waals surface area contributed by atoms with E-state index in [1.807, 2.05) is 33.8 Å². The van der Waals surface area contributed by atoms with E-state index in [4.69, 9.17) is 0 Å². The third-order valence-electron chi connectivity index (χ3n) is 3.06. The highest BCUT2D eigenvalue weighted by Crippen LogP contribution is 2.19. The molecule has 0 saturated heterocycles. The fraction of sp³-hybridized carbons (Fsp3) is 0.571. The van der Waals surface area contributed by atoms with E-state index in [1.165, 1.54) is 0 Å². The predicted octanol–water partition coefficient (Wildman–Crippen LogP) is 3.11. The minimum absolute atomic E-state index is 0.410. The quantitative estimate of drug-likeness (QED) is 0.795. The molecule has 1 aromatic carbocycles. The molecule has 102 valence electrons. The van der Waals surface area contributed by atoms with Gasteiger partial charge < -0.3 is 0 Å². The third-order valence-corrected chi connectivity index (χ3v) is 4.96. The summed E-state index contributed by atoms with van der Waals surface area (Å²) in [5.74, 6) is 0. The number of aryl methyl sites for hydroxylation is 2. The molecule has 0 aliphatic heterocycles. The Morgan fingerprint density at radius 2 is 1.56 bits per heavy atom. The summed E-state index contributed by atoms with van der Waals surface area (Å²) >= 11 is 0. The molecule has 0 aliphatic rings. The summed E-state index contributed by atoms with van der Waals surface area (Å²) in [6.45, 7) is 9.10. The first-order chi connectivity index (χ1) is 8.43. The van der Waals surface area contributed by atoms with Crippen LogP contribution >= 0.6 is 0 Å². The molecule has 0 bridgehead atoms. The molecule has 0 unspecified atom stereocenters. The standard InChI is InChI=1S/C14H23NO2S/c1-5-9-15(10-6-2)18(16,17)14-8-7-12(3)13(4)11-14/h7-8,11H,5-6,9-10H2,1-4H3. The SMILES string of the molecule is CCCN(CCC)S(=O)(=O)c1ccc(C)c(C)c1. The number of sulfonamides is 1. The van der Waals surface area contributed by atoms with Crippen LogP contribution in [0.2, 0.25) is 0 Å². The zero-order valence-corrected chi connectivity index (χ0v) is 12.5. The van der Waals surface area contributed by atoms with E-state index < -0.39 is 10.0 Å². The Labute approximate surface area is 111 Å². The fourth-order valence-corrected chi connectivity index (χ4v) is 3.58. The topological polar surface area (TPSA) is 37.4 Å². The summed E-state index contributed by atoms with van der Waals surface area (Å²) < 4.78 is 26.6. The molecule has 3 nitrogen and oxygen atoms in total. The first-order valence-electron chi connectivity index (χ1n) is 6.50. The van der Waals surface area contributed by atoms with Crippen LogP contribution in [0.15, 0.2) is 23.1 Å². The van der Waals surface area contributed by atoms with Crippen LogP contribution in [0.5, 0.6) is 0 Å². The van der Waals surface area contributed by atoms with E-state index in [-0.39, 0.29) is 0 Å². The maximum Gasteiger partial charge on any atom is 0.243 e. The van der Waals surface area contributed by atoms with Crippen LogP contribution in [-0.2, 0) is 10.0 Å². The van der Waals surface area contributed by atoms with Crippen molar-refractivity contribution in [3.05, 3.63) is 29.3 Å². The Hall–Kier alpha value is -0.870. The monoisotopic (exact) mass is 269 g/mol. The van der Waals surface area contributed by atoms with E-state index in [1.54, 1.807) is 16.4 Å². The molecule has 0 amide bonds. The smallest absolute Gasteiger partial charge is 0.207 e. The molecule has 1 aromatic rings. The number of nitrogens with zero attached hydrogens (tertiary/aromatic N) is 1. The van der Waals surface area contributed by atoms with Crippen LogP contribution in [0.1, 0.15) is 37.8 Å². The minimum Gasteiger partial charge on any atom is -0.207 e. The van der Waals surface area contributed by atoms with Gasteiger partial charge in [0.05, 0.1) is 4.90 Å². The highest BCUT2D eigenvalue weighted by Gasteiger charge is 2.23. The molecule has 4 heteroatoms. The Morgan fingerprint density at radius 1 is 1.00 bits per heavy atom. The molecule has 0 N–H and O–H groups in total. The Morgan fingerprint density at radius 3 is 2.00 bits per heavy atom. The van der Waals surface area contributed by atoms with Gasteiger partial charge in [0.1, 0.15) is 0 Å².